The van der Waals surface area contributed by atoms with Gasteiger partial charge in [-0.3, -0.25) is 0 Å². The summed E-state index contributed by atoms with van der Waals surface area (Å²) in [5.41, 5.74) is 0.477. The van der Waals surface area contributed by atoms with Gasteiger partial charge in [0.15, 0.2) is 0 Å². The first-order valence-corrected chi connectivity index (χ1v) is 7.40. The summed E-state index contributed by atoms with van der Waals surface area (Å²) in [6, 6.07) is 3.04. The fourth-order valence-corrected chi connectivity index (χ4v) is 2.63. The van der Waals surface area contributed by atoms with Gasteiger partial charge in [-0.05, 0) is 44.4 Å². The Labute approximate surface area is 116 Å². The Bertz CT molecular complexity index is 412. The second-order valence-electron chi connectivity index (χ2n) is 5.92. The number of nitrogens with one attached hydrogen (secondary N) is 1. The molecule has 0 saturated carbocycles. The van der Waals surface area contributed by atoms with E-state index in [2.05, 4.69) is 4.72 Å². The van der Waals surface area contributed by atoms with Gasteiger partial charge in [0.2, 0.25) is 0 Å². The van der Waals surface area contributed by atoms with Gasteiger partial charge >= 0.3 is 0 Å². The number of benzene rings is 1. The van der Waals surface area contributed by atoms with Gasteiger partial charge in [0.05, 0.1) is 6.04 Å². The van der Waals surface area contributed by atoms with Crippen molar-refractivity contribution in [2.24, 2.45) is 5.92 Å². The van der Waals surface area contributed by atoms with Crippen LogP contribution in [0.25, 0.3) is 0 Å². The van der Waals surface area contributed by atoms with E-state index in [-0.39, 0.29) is 12.0 Å². The van der Waals surface area contributed by atoms with Crippen molar-refractivity contribution < 1.29 is 13.3 Å². The fourth-order valence-electron chi connectivity index (χ4n) is 1.64. The summed E-state index contributed by atoms with van der Waals surface area (Å²) in [6.07, 6.45) is 0. The minimum atomic E-state index is -1.30. The minimum absolute atomic E-state index is 0.0625. The Hall–Kier alpha value is -0.650. The van der Waals surface area contributed by atoms with Crippen LogP contribution in [0.2, 0.25) is 0 Å². The van der Waals surface area contributed by atoms with Gasteiger partial charge in [0, 0.05) is 17.4 Å². The maximum absolute atomic E-state index is 13.3. The molecule has 0 aliphatic heterocycles. The van der Waals surface area contributed by atoms with Crippen molar-refractivity contribution in [1.82, 2.24) is 4.72 Å². The predicted molar refractivity (Wildman–Crippen MR) is 75.0 cm³/mol. The van der Waals surface area contributed by atoms with Crippen LogP contribution >= 0.6 is 0 Å². The molecule has 1 N–H and O–H groups in total. The van der Waals surface area contributed by atoms with Crippen LogP contribution in [0.15, 0.2) is 18.2 Å². The van der Waals surface area contributed by atoms with Crippen molar-refractivity contribution in [1.29, 1.82) is 0 Å². The molecule has 0 bridgehead atoms. The van der Waals surface area contributed by atoms with Crippen molar-refractivity contribution in [2.75, 3.05) is 0 Å². The third kappa shape index (κ3) is 4.75. The molecule has 0 heterocycles. The van der Waals surface area contributed by atoms with Crippen LogP contribution < -0.4 is 4.72 Å². The van der Waals surface area contributed by atoms with E-state index in [1.54, 1.807) is 0 Å². The van der Waals surface area contributed by atoms with E-state index in [4.69, 9.17) is 0 Å². The van der Waals surface area contributed by atoms with Gasteiger partial charge in [-0.25, -0.2) is 8.78 Å². The highest BCUT2D eigenvalue weighted by Gasteiger charge is 2.31. The van der Waals surface area contributed by atoms with Crippen LogP contribution in [0, 0.1) is 17.6 Å². The largest absolute Gasteiger partial charge is 0.598 e. The molecular formula is C14H21F2NOS. The SMILES string of the molecule is CC(C)C(N[S@@+]([O-])C(C)(C)C)c1cc(F)cc(F)c1. The van der Waals surface area contributed by atoms with Crippen molar-refractivity contribution in [3.63, 3.8) is 0 Å². The summed E-state index contributed by atoms with van der Waals surface area (Å²) in [5, 5.41) is 0. The lowest BCUT2D eigenvalue weighted by Gasteiger charge is -2.30. The van der Waals surface area contributed by atoms with Gasteiger partial charge in [-0.15, -0.1) is 4.72 Å². The van der Waals surface area contributed by atoms with Gasteiger partial charge in [0.25, 0.3) is 0 Å². The molecule has 1 aromatic rings. The Kier molecular flexibility index (Phi) is 5.35. The van der Waals surface area contributed by atoms with Crippen LogP contribution in [0.4, 0.5) is 8.78 Å². The number of hydrogen-bond acceptors (Lipinski definition) is 2. The number of rotatable bonds is 4. The minimum Gasteiger partial charge on any atom is -0.598 e. The normalized spacial score (nSPS) is 15.6. The van der Waals surface area contributed by atoms with Crippen molar-refractivity contribution >= 4 is 11.4 Å². The first kappa shape index (κ1) is 16.4. The zero-order valence-corrected chi connectivity index (χ0v) is 12.8. The molecule has 2 nitrogen and oxygen atoms in total. The van der Waals surface area contributed by atoms with E-state index in [9.17, 15) is 13.3 Å². The summed E-state index contributed by atoms with van der Waals surface area (Å²) in [6.45, 7) is 9.37. The highest BCUT2D eigenvalue weighted by Crippen LogP contribution is 2.26. The van der Waals surface area contributed by atoms with Crippen LogP contribution in [0.3, 0.4) is 0 Å². The van der Waals surface area contributed by atoms with E-state index in [1.165, 1.54) is 12.1 Å². The van der Waals surface area contributed by atoms with Crippen LogP contribution in [0.1, 0.15) is 46.2 Å². The van der Waals surface area contributed by atoms with Crippen molar-refractivity contribution in [3.05, 3.63) is 35.4 Å². The molecule has 0 aliphatic rings. The number of halogens is 2. The third-order valence-electron chi connectivity index (χ3n) is 2.70. The maximum Gasteiger partial charge on any atom is 0.136 e. The monoisotopic (exact) mass is 289 g/mol. The van der Waals surface area contributed by atoms with Crippen molar-refractivity contribution in [3.8, 4) is 0 Å². The van der Waals surface area contributed by atoms with Gasteiger partial charge in [-0.1, -0.05) is 13.8 Å². The molecule has 19 heavy (non-hydrogen) atoms. The molecule has 0 radical (unpaired) electrons. The van der Waals surface area contributed by atoms with Crippen LogP contribution in [0.5, 0.6) is 0 Å². The molecule has 0 aromatic heterocycles. The molecule has 0 fully saturated rings. The van der Waals surface area contributed by atoms with E-state index in [0.717, 1.165) is 6.07 Å². The Morgan fingerprint density at radius 2 is 1.58 bits per heavy atom. The molecule has 0 amide bonds. The average Bonchev–Trinajstić information content (AvgIpc) is 2.21. The Morgan fingerprint density at radius 1 is 1.11 bits per heavy atom. The van der Waals surface area contributed by atoms with Crippen LogP contribution in [-0.4, -0.2) is 9.30 Å². The summed E-state index contributed by atoms with van der Waals surface area (Å²) < 4.78 is 41.2. The Morgan fingerprint density at radius 3 is 1.95 bits per heavy atom. The molecule has 1 aromatic carbocycles. The summed E-state index contributed by atoms with van der Waals surface area (Å²) in [5.74, 6) is -1.18. The first-order valence-electron chi connectivity index (χ1n) is 6.25. The third-order valence-corrected chi connectivity index (χ3v) is 4.28. The molecule has 1 unspecified atom stereocenters. The molecule has 5 heteroatoms. The van der Waals surface area contributed by atoms with Gasteiger partial charge in [0.1, 0.15) is 16.4 Å². The summed E-state index contributed by atoms with van der Waals surface area (Å²) in [7, 11) is 0. The summed E-state index contributed by atoms with van der Waals surface area (Å²) >= 11 is -1.30. The van der Waals surface area contributed by atoms with Gasteiger partial charge < -0.3 is 4.55 Å². The predicted octanol–water partition coefficient (Wildman–Crippen LogP) is 3.71. The average molecular weight is 289 g/mol. The molecule has 1 rings (SSSR count). The highest BCUT2D eigenvalue weighted by molar-refractivity contribution is 7.90. The van der Waals surface area contributed by atoms with Gasteiger partial charge in [-0.2, -0.15) is 0 Å². The smallest absolute Gasteiger partial charge is 0.136 e. The topological polar surface area (TPSA) is 35.1 Å². The van der Waals surface area contributed by atoms with Crippen LogP contribution in [-0.2, 0) is 11.4 Å². The van der Waals surface area contributed by atoms with E-state index >= 15 is 0 Å². The maximum atomic E-state index is 13.3. The lowest BCUT2D eigenvalue weighted by molar-refractivity contribution is 0.447. The Balaban J connectivity index is 3.01. The van der Waals surface area contributed by atoms with E-state index in [0.29, 0.717) is 5.56 Å². The molecular weight excluding hydrogens is 268 g/mol. The lowest BCUT2D eigenvalue weighted by Crippen LogP contribution is -2.42. The van der Waals surface area contributed by atoms with Crippen molar-refractivity contribution in [2.45, 2.75) is 45.4 Å². The second kappa shape index (κ2) is 6.20. The standard InChI is InChI=1S/C14H21F2NOS/c1-9(2)13(17-19(18)14(3,4)5)10-6-11(15)8-12(16)7-10/h6-9,13,17H,1-5H3/t13?,19-/m0/s1. The van der Waals surface area contributed by atoms with E-state index in [1.807, 2.05) is 34.6 Å². The zero-order chi connectivity index (χ0) is 14.8. The van der Waals surface area contributed by atoms with E-state index < -0.39 is 27.7 Å². The lowest BCUT2D eigenvalue weighted by atomic mass is 9.97. The molecule has 0 spiro atoms. The second-order valence-corrected chi connectivity index (χ2v) is 7.92. The molecule has 0 aliphatic carbocycles. The fraction of sp³-hybridized carbons (Fsp3) is 0.571. The number of hydrogen-bond donors (Lipinski definition) is 1. The summed E-state index contributed by atoms with van der Waals surface area (Å²) in [4.78, 5) is 0. The molecule has 2 atom stereocenters. The first-order chi connectivity index (χ1) is 8.61. The quantitative estimate of drug-likeness (QED) is 0.858. The molecule has 108 valence electrons. The highest BCUT2D eigenvalue weighted by atomic mass is 32.2. The zero-order valence-electron chi connectivity index (χ0n) is 12.0. The molecule has 0 saturated heterocycles.